The quantitative estimate of drug-likeness (QED) is 0.873. The van der Waals surface area contributed by atoms with Gasteiger partial charge in [-0.1, -0.05) is 6.92 Å². The van der Waals surface area contributed by atoms with Crippen LogP contribution in [0, 0.1) is 6.92 Å². The molecule has 5 nitrogen and oxygen atoms in total. The van der Waals surface area contributed by atoms with Crippen LogP contribution >= 0.6 is 0 Å². The molecule has 2 heterocycles. The monoisotopic (exact) mass is 264 g/mol. The lowest BCUT2D eigenvalue weighted by atomic mass is 10.1. The minimum Gasteiger partial charge on any atom is -0.376 e. The Kier molecular flexibility index (Phi) is 4.71. The van der Waals surface area contributed by atoms with E-state index >= 15 is 0 Å². The van der Waals surface area contributed by atoms with E-state index in [2.05, 4.69) is 41.1 Å². The van der Waals surface area contributed by atoms with E-state index in [0.29, 0.717) is 6.04 Å². The van der Waals surface area contributed by atoms with Crippen molar-refractivity contribution in [1.29, 1.82) is 0 Å². The Morgan fingerprint density at radius 3 is 2.89 bits per heavy atom. The van der Waals surface area contributed by atoms with E-state index in [1.807, 2.05) is 13.1 Å². The van der Waals surface area contributed by atoms with Crippen molar-refractivity contribution >= 4 is 5.95 Å². The number of aryl methyl sites for hydroxylation is 1. The normalized spacial score (nSPS) is 22.7. The van der Waals surface area contributed by atoms with Crippen molar-refractivity contribution in [3.63, 3.8) is 0 Å². The smallest absolute Gasteiger partial charge is 0.225 e. The van der Waals surface area contributed by atoms with Crippen LogP contribution in [0.15, 0.2) is 6.20 Å². The molecule has 2 unspecified atom stereocenters. The summed E-state index contributed by atoms with van der Waals surface area (Å²) in [5, 5.41) is 3.30. The lowest BCUT2D eigenvalue weighted by molar-refractivity contribution is 0.118. The molecule has 1 fully saturated rings. The van der Waals surface area contributed by atoms with Crippen LogP contribution in [0.25, 0.3) is 0 Å². The molecule has 0 aromatic carbocycles. The average Bonchev–Trinajstić information content (AvgIpc) is 2.82. The third-order valence-corrected chi connectivity index (χ3v) is 3.78. The van der Waals surface area contributed by atoms with Crippen molar-refractivity contribution in [1.82, 2.24) is 15.3 Å². The molecule has 106 valence electrons. The third kappa shape index (κ3) is 3.22. The molecule has 5 heteroatoms. The lowest BCUT2D eigenvalue weighted by Crippen LogP contribution is -2.38. The molecule has 1 aliphatic heterocycles. The molecule has 2 atom stereocenters. The number of likely N-dealkylation sites (N-methyl/N-ethyl adjacent to an activating group) is 1. The molecular formula is C14H24N4O. The zero-order valence-corrected chi connectivity index (χ0v) is 12.3. The molecule has 1 aromatic rings. The van der Waals surface area contributed by atoms with Crippen molar-refractivity contribution < 1.29 is 4.74 Å². The van der Waals surface area contributed by atoms with Gasteiger partial charge in [-0.3, -0.25) is 0 Å². The van der Waals surface area contributed by atoms with Gasteiger partial charge in [-0.05, 0) is 26.8 Å². The second-order valence-electron chi connectivity index (χ2n) is 5.10. The van der Waals surface area contributed by atoms with Crippen molar-refractivity contribution in [3.05, 3.63) is 17.5 Å². The van der Waals surface area contributed by atoms with Crippen LogP contribution in [0.5, 0.6) is 0 Å². The van der Waals surface area contributed by atoms with E-state index < -0.39 is 0 Å². The van der Waals surface area contributed by atoms with Crippen LogP contribution in [-0.4, -0.2) is 42.3 Å². The molecular weight excluding hydrogens is 240 g/mol. The first kappa shape index (κ1) is 14.2. The van der Waals surface area contributed by atoms with Gasteiger partial charge in [0.25, 0.3) is 0 Å². The molecule has 1 saturated heterocycles. The number of rotatable bonds is 5. The maximum absolute atomic E-state index is 5.61. The average molecular weight is 264 g/mol. The predicted molar refractivity (Wildman–Crippen MR) is 76.4 cm³/mol. The van der Waals surface area contributed by atoms with Crippen LogP contribution < -0.4 is 10.2 Å². The first-order valence-electron chi connectivity index (χ1n) is 7.01. The van der Waals surface area contributed by atoms with Gasteiger partial charge in [0, 0.05) is 37.7 Å². The Bertz CT molecular complexity index is 424. The van der Waals surface area contributed by atoms with Gasteiger partial charge in [0.05, 0.1) is 12.1 Å². The van der Waals surface area contributed by atoms with Gasteiger partial charge in [0.1, 0.15) is 0 Å². The molecule has 0 spiro atoms. The second-order valence-corrected chi connectivity index (χ2v) is 5.10. The largest absolute Gasteiger partial charge is 0.376 e. The Labute approximate surface area is 115 Å². The SMILES string of the molecule is CCNCc1cnc(N(C)C2CCOC2C)nc1C. The van der Waals surface area contributed by atoms with Gasteiger partial charge >= 0.3 is 0 Å². The van der Waals surface area contributed by atoms with Crippen LogP contribution in [-0.2, 0) is 11.3 Å². The molecule has 0 amide bonds. The van der Waals surface area contributed by atoms with Crippen molar-refractivity contribution in [2.24, 2.45) is 0 Å². The third-order valence-electron chi connectivity index (χ3n) is 3.78. The van der Waals surface area contributed by atoms with Gasteiger partial charge in [-0.25, -0.2) is 9.97 Å². The molecule has 2 rings (SSSR count). The van der Waals surface area contributed by atoms with E-state index in [1.165, 1.54) is 0 Å². The summed E-state index contributed by atoms with van der Waals surface area (Å²) in [4.78, 5) is 11.3. The zero-order chi connectivity index (χ0) is 13.8. The summed E-state index contributed by atoms with van der Waals surface area (Å²) >= 11 is 0. The molecule has 1 aromatic heterocycles. The van der Waals surface area contributed by atoms with Gasteiger partial charge in [0.2, 0.25) is 5.95 Å². The minimum absolute atomic E-state index is 0.246. The first-order chi connectivity index (χ1) is 9.13. The van der Waals surface area contributed by atoms with Crippen LogP contribution in [0.1, 0.15) is 31.5 Å². The van der Waals surface area contributed by atoms with Crippen LogP contribution in [0.4, 0.5) is 5.95 Å². The van der Waals surface area contributed by atoms with Gasteiger partial charge in [0.15, 0.2) is 0 Å². The molecule has 19 heavy (non-hydrogen) atoms. The Morgan fingerprint density at radius 1 is 1.53 bits per heavy atom. The molecule has 1 N–H and O–H groups in total. The minimum atomic E-state index is 0.246. The number of nitrogens with zero attached hydrogens (tertiary/aromatic N) is 3. The van der Waals surface area contributed by atoms with E-state index in [-0.39, 0.29) is 6.10 Å². The van der Waals surface area contributed by atoms with E-state index in [1.54, 1.807) is 0 Å². The maximum Gasteiger partial charge on any atom is 0.225 e. The fraction of sp³-hybridized carbons (Fsp3) is 0.714. The Morgan fingerprint density at radius 2 is 2.32 bits per heavy atom. The Balaban J connectivity index is 2.10. The highest BCUT2D eigenvalue weighted by Gasteiger charge is 2.29. The first-order valence-corrected chi connectivity index (χ1v) is 7.01. The summed E-state index contributed by atoms with van der Waals surface area (Å²) < 4.78 is 5.61. The summed E-state index contributed by atoms with van der Waals surface area (Å²) in [6, 6.07) is 0.374. The number of ether oxygens (including phenoxy) is 1. The lowest BCUT2D eigenvalue weighted by Gasteiger charge is -2.27. The van der Waals surface area contributed by atoms with E-state index in [9.17, 15) is 0 Å². The van der Waals surface area contributed by atoms with Crippen molar-refractivity contribution in [2.45, 2.75) is 45.9 Å². The van der Waals surface area contributed by atoms with Crippen molar-refractivity contribution in [3.8, 4) is 0 Å². The van der Waals surface area contributed by atoms with E-state index in [4.69, 9.17) is 4.74 Å². The van der Waals surface area contributed by atoms with Gasteiger partial charge in [-0.15, -0.1) is 0 Å². The maximum atomic E-state index is 5.61. The van der Waals surface area contributed by atoms with Crippen LogP contribution in [0.3, 0.4) is 0 Å². The number of hydrogen-bond acceptors (Lipinski definition) is 5. The van der Waals surface area contributed by atoms with Gasteiger partial charge < -0.3 is 15.0 Å². The van der Waals surface area contributed by atoms with E-state index in [0.717, 1.165) is 43.3 Å². The summed E-state index contributed by atoms with van der Waals surface area (Å²) in [5.41, 5.74) is 2.21. The number of anilines is 1. The highest BCUT2D eigenvalue weighted by atomic mass is 16.5. The number of nitrogens with one attached hydrogen (secondary N) is 1. The predicted octanol–water partition coefficient (Wildman–Crippen LogP) is 1.51. The highest BCUT2D eigenvalue weighted by molar-refractivity contribution is 5.34. The second kappa shape index (κ2) is 6.30. The van der Waals surface area contributed by atoms with Gasteiger partial charge in [-0.2, -0.15) is 0 Å². The molecule has 0 bridgehead atoms. The fourth-order valence-electron chi connectivity index (χ4n) is 2.46. The highest BCUT2D eigenvalue weighted by Crippen LogP contribution is 2.22. The summed E-state index contributed by atoms with van der Waals surface area (Å²) in [6.45, 7) is 8.86. The number of hydrogen-bond donors (Lipinski definition) is 1. The Hall–Kier alpha value is -1.20. The molecule has 0 radical (unpaired) electrons. The molecule has 0 saturated carbocycles. The fourth-order valence-corrected chi connectivity index (χ4v) is 2.46. The summed E-state index contributed by atoms with van der Waals surface area (Å²) in [6.07, 6.45) is 3.21. The summed E-state index contributed by atoms with van der Waals surface area (Å²) in [7, 11) is 2.05. The van der Waals surface area contributed by atoms with Crippen molar-refractivity contribution in [2.75, 3.05) is 25.1 Å². The standard InChI is InChI=1S/C14H24N4O/c1-5-15-8-12-9-16-14(17-10(12)2)18(4)13-6-7-19-11(13)3/h9,11,13,15H,5-8H2,1-4H3. The molecule has 1 aliphatic rings. The number of aromatic nitrogens is 2. The molecule has 0 aliphatic carbocycles. The topological polar surface area (TPSA) is 50.3 Å². The van der Waals surface area contributed by atoms with Crippen LogP contribution in [0.2, 0.25) is 0 Å². The zero-order valence-electron chi connectivity index (χ0n) is 12.3. The summed E-state index contributed by atoms with van der Waals surface area (Å²) in [5.74, 6) is 0.792.